The van der Waals surface area contributed by atoms with Crippen LogP contribution in [-0.4, -0.2) is 46.9 Å². The molecule has 0 aromatic carbocycles. The minimum atomic E-state index is -0.208. The highest BCUT2D eigenvalue weighted by Crippen LogP contribution is 2.51. The molecule has 5 nitrogen and oxygen atoms in total. The molecule has 3 unspecified atom stereocenters. The number of piperidine rings is 1. The molecule has 1 aliphatic heterocycles. The van der Waals surface area contributed by atoms with Gasteiger partial charge in [0.25, 0.3) is 0 Å². The zero-order valence-electron chi connectivity index (χ0n) is 15.7. The molecule has 24 heavy (non-hydrogen) atoms. The van der Waals surface area contributed by atoms with Gasteiger partial charge in [-0.1, -0.05) is 20.8 Å². The van der Waals surface area contributed by atoms with Crippen molar-refractivity contribution in [3.8, 4) is 0 Å². The second-order valence-corrected chi connectivity index (χ2v) is 8.45. The number of likely N-dealkylation sites (tertiary alicyclic amines) is 1. The zero-order valence-corrected chi connectivity index (χ0v) is 15.7. The standard InChI is InChI=1S/C19H32N2O3/c1-6-23-15-11-14(22)19(15)7-9-21(10-8-19)13(2)17-20-12-16(24-17)18(3,4)5/h12-15,22H,6-11H2,1-5H3. The van der Waals surface area contributed by atoms with E-state index in [1.807, 2.05) is 13.1 Å². The second-order valence-electron chi connectivity index (χ2n) is 8.45. The van der Waals surface area contributed by atoms with Gasteiger partial charge in [-0.2, -0.15) is 0 Å². The van der Waals surface area contributed by atoms with Gasteiger partial charge in [0.15, 0.2) is 0 Å². The van der Waals surface area contributed by atoms with E-state index in [1.54, 1.807) is 0 Å². The lowest BCUT2D eigenvalue weighted by Gasteiger charge is -2.57. The van der Waals surface area contributed by atoms with Crippen LogP contribution in [-0.2, 0) is 10.2 Å². The maximum Gasteiger partial charge on any atom is 0.211 e. The van der Waals surface area contributed by atoms with E-state index in [-0.39, 0.29) is 29.1 Å². The first-order valence-electron chi connectivity index (χ1n) is 9.28. The predicted octanol–water partition coefficient (Wildman–Crippen LogP) is 3.29. The molecule has 0 bridgehead atoms. The third-order valence-electron chi connectivity index (χ3n) is 6.01. The molecular weight excluding hydrogens is 304 g/mol. The van der Waals surface area contributed by atoms with Crippen molar-refractivity contribution in [3.63, 3.8) is 0 Å². The van der Waals surface area contributed by atoms with Crippen molar-refractivity contribution in [1.82, 2.24) is 9.88 Å². The summed E-state index contributed by atoms with van der Waals surface area (Å²) in [4.78, 5) is 6.92. The molecule has 1 spiro atoms. The molecule has 3 atom stereocenters. The lowest BCUT2D eigenvalue weighted by molar-refractivity contribution is -0.211. The van der Waals surface area contributed by atoms with Crippen LogP contribution < -0.4 is 0 Å². The molecule has 3 rings (SSSR count). The lowest BCUT2D eigenvalue weighted by Crippen LogP contribution is -2.62. The van der Waals surface area contributed by atoms with Gasteiger partial charge < -0.3 is 14.3 Å². The van der Waals surface area contributed by atoms with Crippen molar-refractivity contribution < 1.29 is 14.3 Å². The molecule has 1 saturated heterocycles. The van der Waals surface area contributed by atoms with Crippen molar-refractivity contribution >= 4 is 0 Å². The van der Waals surface area contributed by atoms with E-state index >= 15 is 0 Å². The first kappa shape index (κ1) is 17.9. The van der Waals surface area contributed by atoms with Gasteiger partial charge in [0.05, 0.1) is 24.4 Å². The number of hydrogen-bond donors (Lipinski definition) is 1. The summed E-state index contributed by atoms with van der Waals surface area (Å²) in [6.07, 6.45) is 4.63. The molecule has 0 radical (unpaired) electrons. The van der Waals surface area contributed by atoms with Gasteiger partial charge in [0.1, 0.15) is 5.76 Å². The van der Waals surface area contributed by atoms with Crippen LogP contribution in [0.25, 0.3) is 0 Å². The highest BCUT2D eigenvalue weighted by atomic mass is 16.5. The number of aliphatic hydroxyl groups is 1. The van der Waals surface area contributed by atoms with E-state index in [9.17, 15) is 5.11 Å². The highest BCUT2D eigenvalue weighted by Gasteiger charge is 2.56. The average molecular weight is 336 g/mol. The molecule has 5 heteroatoms. The normalized spacial score (nSPS) is 28.8. The minimum absolute atomic E-state index is 0.0162. The Bertz CT molecular complexity index is 553. The lowest BCUT2D eigenvalue weighted by atomic mass is 9.58. The molecule has 1 N–H and O–H groups in total. The first-order chi connectivity index (χ1) is 11.3. The van der Waals surface area contributed by atoms with Crippen molar-refractivity contribution in [3.05, 3.63) is 17.8 Å². The van der Waals surface area contributed by atoms with E-state index in [0.29, 0.717) is 0 Å². The fourth-order valence-electron chi connectivity index (χ4n) is 4.13. The first-order valence-corrected chi connectivity index (χ1v) is 9.28. The van der Waals surface area contributed by atoms with Crippen LogP contribution in [0.4, 0.5) is 0 Å². The molecule has 1 aliphatic carbocycles. The third kappa shape index (κ3) is 3.02. The van der Waals surface area contributed by atoms with Crippen LogP contribution >= 0.6 is 0 Å². The zero-order chi connectivity index (χ0) is 17.5. The van der Waals surface area contributed by atoms with Gasteiger partial charge in [0.2, 0.25) is 5.89 Å². The fraction of sp³-hybridized carbons (Fsp3) is 0.842. The van der Waals surface area contributed by atoms with E-state index in [4.69, 9.17) is 9.15 Å². The number of oxazole rings is 1. The number of rotatable bonds is 4. The number of aromatic nitrogens is 1. The summed E-state index contributed by atoms with van der Waals surface area (Å²) in [5.74, 6) is 1.73. The summed E-state index contributed by atoms with van der Waals surface area (Å²) in [5, 5.41) is 10.3. The Kier molecular flexibility index (Phi) is 4.80. The van der Waals surface area contributed by atoms with Gasteiger partial charge in [-0.15, -0.1) is 0 Å². The summed E-state index contributed by atoms with van der Waals surface area (Å²) in [5.41, 5.74) is -0.0446. The quantitative estimate of drug-likeness (QED) is 0.914. The van der Waals surface area contributed by atoms with Crippen LogP contribution in [0, 0.1) is 5.41 Å². The summed E-state index contributed by atoms with van der Waals surface area (Å²) >= 11 is 0. The van der Waals surface area contributed by atoms with Crippen molar-refractivity contribution in [1.29, 1.82) is 0 Å². The van der Waals surface area contributed by atoms with E-state index in [0.717, 1.165) is 50.6 Å². The van der Waals surface area contributed by atoms with Crippen LogP contribution in [0.3, 0.4) is 0 Å². The van der Waals surface area contributed by atoms with Crippen LogP contribution in [0.1, 0.15) is 71.6 Å². The highest BCUT2D eigenvalue weighted by molar-refractivity contribution is 5.09. The van der Waals surface area contributed by atoms with Crippen LogP contribution in [0.5, 0.6) is 0 Å². The Morgan fingerprint density at radius 1 is 1.42 bits per heavy atom. The molecule has 1 aromatic heterocycles. The van der Waals surface area contributed by atoms with Crippen molar-refractivity contribution in [2.45, 2.75) is 77.5 Å². The molecule has 1 saturated carbocycles. The molecule has 2 aliphatic rings. The Morgan fingerprint density at radius 2 is 2.08 bits per heavy atom. The third-order valence-corrected chi connectivity index (χ3v) is 6.01. The summed E-state index contributed by atoms with van der Waals surface area (Å²) in [6.45, 7) is 13.2. The van der Waals surface area contributed by atoms with Crippen LogP contribution in [0.15, 0.2) is 10.6 Å². The summed E-state index contributed by atoms with van der Waals surface area (Å²) < 4.78 is 11.9. The Balaban J connectivity index is 1.63. The fourth-order valence-corrected chi connectivity index (χ4v) is 4.13. The van der Waals surface area contributed by atoms with Gasteiger partial charge >= 0.3 is 0 Å². The average Bonchev–Trinajstić information content (AvgIpc) is 3.04. The maximum atomic E-state index is 10.3. The van der Waals surface area contributed by atoms with E-state index < -0.39 is 0 Å². The monoisotopic (exact) mass is 336 g/mol. The minimum Gasteiger partial charge on any atom is -0.443 e. The van der Waals surface area contributed by atoms with Crippen LogP contribution in [0.2, 0.25) is 0 Å². The summed E-state index contributed by atoms with van der Waals surface area (Å²) in [7, 11) is 0. The Hall–Kier alpha value is -0.910. The molecule has 0 amide bonds. The largest absolute Gasteiger partial charge is 0.443 e. The van der Waals surface area contributed by atoms with E-state index in [2.05, 4.69) is 37.6 Å². The topological polar surface area (TPSA) is 58.7 Å². The van der Waals surface area contributed by atoms with Gasteiger partial charge in [-0.05, 0) is 39.8 Å². The number of aliphatic hydroxyl groups excluding tert-OH is 1. The maximum absolute atomic E-state index is 10.3. The number of ether oxygens (including phenoxy) is 1. The van der Waals surface area contributed by atoms with Gasteiger partial charge in [-0.3, -0.25) is 4.90 Å². The number of hydrogen-bond acceptors (Lipinski definition) is 5. The second kappa shape index (κ2) is 6.43. The molecule has 2 heterocycles. The molecule has 2 fully saturated rings. The van der Waals surface area contributed by atoms with Crippen molar-refractivity contribution in [2.24, 2.45) is 5.41 Å². The van der Waals surface area contributed by atoms with Crippen molar-refractivity contribution in [2.75, 3.05) is 19.7 Å². The smallest absolute Gasteiger partial charge is 0.211 e. The SMILES string of the molecule is CCOC1CC(O)C12CCN(C(C)c1ncc(C(C)(C)C)o1)CC2. The summed E-state index contributed by atoms with van der Waals surface area (Å²) in [6, 6.07) is 0.168. The molecular formula is C19H32N2O3. The van der Waals surface area contributed by atoms with E-state index in [1.165, 1.54) is 0 Å². The number of nitrogens with zero attached hydrogens (tertiary/aromatic N) is 2. The Labute approximate surface area is 145 Å². The van der Waals surface area contributed by atoms with Gasteiger partial charge in [-0.25, -0.2) is 4.98 Å². The predicted molar refractivity (Wildman–Crippen MR) is 92.9 cm³/mol. The molecule has 1 aromatic rings. The van der Waals surface area contributed by atoms with Gasteiger partial charge in [0, 0.05) is 23.9 Å². The Morgan fingerprint density at radius 3 is 2.58 bits per heavy atom. The molecule has 136 valence electrons.